The Morgan fingerprint density at radius 3 is 1.49 bits per heavy atom. The largest absolute Gasteiger partial charge is 0.345 e. The van der Waals surface area contributed by atoms with Gasteiger partial charge in [-0.05, 0) is 134 Å². The van der Waals surface area contributed by atoms with Crippen LogP contribution in [-0.4, -0.2) is 41.4 Å². The molecule has 4 aliphatic rings. The predicted molar refractivity (Wildman–Crippen MR) is 192 cm³/mol. The van der Waals surface area contributed by atoms with Crippen molar-refractivity contribution in [2.45, 2.75) is 159 Å². The molecule has 1 heterocycles. The molecule has 3 saturated carbocycles. The van der Waals surface area contributed by atoms with Crippen LogP contribution in [0.3, 0.4) is 0 Å². The Morgan fingerprint density at radius 2 is 1.02 bits per heavy atom. The molecule has 2 aromatic rings. The lowest BCUT2D eigenvalue weighted by molar-refractivity contribution is 0.446. The predicted octanol–water partition coefficient (Wildman–Crippen LogP) is 11.5. The van der Waals surface area contributed by atoms with Crippen molar-refractivity contribution in [2.24, 2.45) is 0 Å². The number of alkyl halides is 1. The zero-order valence-electron chi connectivity index (χ0n) is 28.0. The first-order valence-electron chi connectivity index (χ1n) is 18.0. The minimum absolute atomic E-state index is 0.213. The van der Waals surface area contributed by atoms with Gasteiger partial charge in [0, 0.05) is 31.7 Å². The summed E-state index contributed by atoms with van der Waals surface area (Å²) in [5, 5.41) is 0.213. The average Bonchev–Trinajstić information content (AvgIpc) is 3.43. The molecule has 0 N–H and O–H groups in total. The van der Waals surface area contributed by atoms with Crippen molar-refractivity contribution < 1.29 is 0 Å². The summed E-state index contributed by atoms with van der Waals surface area (Å²) in [7, 11) is -1.56. The Labute approximate surface area is 269 Å². The van der Waals surface area contributed by atoms with Gasteiger partial charge in [-0.3, -0.25) is 0 Å². The van der Waals surface area contributed by atoms with Crippen molar-refractivity contribution in [2.75, 3.05) is 22.9 Å². The van der Waals surface area contributed by atoms with E-state index in [4.69, 9.17) is 11.6 Å². The van der Waals surface area contributed by atoms with E-state index in [1.165, 1.54) is 136 Å². The minimum atomic E-state index is -1.56. The fourth-order valence-corrected chi connectivity index (χ4v) is 19.8. The Balaban J connectivity index is 1.54. The van der Waals surface area contributed by atoms with Gasteiger partial charge in [0.15, 0.2) is 11.3 Å². The van der Waals surface area contributed by atoms with Gasteiger partial charge in [-0.25, -0.2) is 0 Å². The fraction of sp³-hybridized carbons (Fsp3) is 0.692. The van der Waals surface area contributed by atoms with Crippen LogP contribution in [0.5, 0.6) is 0 Å². The molecule has 6 rings (SSSR count). The summed E-state index contributed by atoms with van der Waals surface area (Å²) in [6.45, 7) is 13.6. The maximum absolute atomic E-state index is 8.58. The van der Waals surface area contributed by atoms with E-state index in [0.717, 1.165) is 30.1 Å². The second kappa shape index (κ2) is 13.6. The van der Waals surface area contributed by atoms with Crippen LogP contribution in [-0.2, 0) is 0 Å². The number of halogens is 1. The molecular formula is C39H59ClN2P+. The van der Waals surface area contributed by atoms with E-state index in [9.17, 15) is 0 Å². The van der Waals surface area contributed by atoms with E-state index < -0.39 is 7.26 Å². The minimum Gasteiger partial charge on any atom is -0.345 e. The molecule has 2 nitrogen and oxygen atoms in total. The van der Waals surface area contributed by atoms with E-state index >= 15 is 0 Å². The van der Waals surface area contributed by atoms with Crippen LogP contribution < -0.4 is 9.80 Å². The maximum atomic E-state index is 8.58. The zero-order chi connectivity index (χ0) is 30.1. The van der Waals surface area contributed by atoms with E-state index in [1.807, 2.05) is 0 Å². The van der Waals surface area contributed by atoms with E-state index in [2.05, 4.69) is 74.8 Å². The van der Waals surface area contributed by atoms with Gasteiger partial charge in [-0.1, -0.05) is 66.3 Å². The summed E-state index contributed by atoms with van der Waals surface area (Å²) in [5.41, 5.74) is 12.5. The van der Waals surface area contributed by atoms with E-state index in [1.54, 1.807) is 0 Å². The molecule has 1 unspecified atom stereocenters. The van der Waals surface area contributed by atoms with Crippen LogP contribution in [0.4, 0.5) is 11.4 Å². The Bertz CT molecular complexity index is 1170. The smallest absolute Gasteiger partial charge is 0.181 e. The maximum Gasteiger partial charge on any atom is 0.181 e. The molecule has 1 saturated heterocycles. The number of hydrogen-bond acceptors (Lipinski definition) is 2. The fourth-order valence-electron chi connectivity index (χ4n) is 10.5. The molecule has 0 spiro atoms. The molecule has 1 aliphatic heterocycles. The van der Waals surface area contributed by atoms with Crippen molar-refractivity contribution in [3.8, 4) is 0 Å². The van der Waals surface area contributed by atoms with Crippen molar-refractivity contribution in [3.05, 3.63) is 58.1 Å². The van der Waals surface area contributed by atoms with Crippen molar-refractivity contribution >= 4 is 30.2 Å². The molecule has 236 valence electrons. The highest BCUT2D eigenvalue weighted by Gasteiger charge is 2.65. The molecule has 43 heavy (non-hydrogen) atoms. The van der Waals surface area contributed by atoms with Gasteiger partial charge < -0.3 is 9.80 Å². The summed E-state index contributed by atoms with van der Waals surface area (Å²) < 4.78 is 0. The second-order valence-electron chi connectivity index (χ2n) is 15.0. The third kappa shape index (κ3) is 6.03. The summed E-state index contributed by atoms with van der Waals surface area (Å²) in [4.78, 5) is 5.62. The number of anilines is 2. The third-order valence-corrected chi connectivity index (χ3v) is 19.8. The molecule has 2 atom stereocenters. The van der Waals surface area contributed by atoms with Crippen LogP contribution >= 0.6 is 18.9 Å². The summed E-state index contributed by atoms with van der Waals surface area (Å²) >= 11 is 8.58. The van der Waals surface area contributed by atoms with Crippen LogP contribution in [0.15, 0.2) is 30.3 Å². The highest BCUT2D eigenvalue weighted by Crippen LogP contribution is 2.81. The Kier molecular flexibility index (Phi) is 10.1. The van der Waals surface area contributed by atoms with E-state index in [0.29, 0.717) is 0 Å². The van der Waals surface area contributed by atoms with Gasteiger partial charge in [0.2, 0.25) is 0 Å². The molecule has 3 aliphatic carbocycles. The number of rotatable bonds is 7. The highest BCUT2D eigenvalue weighted by molar-refractivity contribution is 7.80. The Morgan fingerprint density at radius 1 is 0.581 bits per heavy atom. The molecule has 0 radical (unpaired) electrons. The SMILES string of the molecule is Cc1ccc(N2CCN(c3c(C)cc(C)cc3C)C2[C@@H](Cl)[P+](C2CCCCC2)(C2CCCCC2)C2CCCCC2)c(C)c1. The third-order valence-electron chi connectivity index (χ3n) is 12.1. The standard InChI is InChI=1S/C39H59ClN2P/c1-28-21-22-36(30(3)25-28)41-23-24-42(37-31(4)26-29(2)27-32(37)5)39(41)38(40)43(33-15-9-6-10-16-33,34-17-11-7-12-18-34)35-19-13-8-14-20-35/h21-22,25-27,33-35,38-39H,6-20,23-24H2,1-5H3/q+1/t38-,39?/m0/s1. The van der Waals surface area contributed by atoms with Gasteiger partial charge in [0.25, 0.3) is 0 Å². The van der Waals surface area contributed by atoms with Crippen LogP contribution in [0.1, 0.15) is 124 Å². The Hall–Kier alpha value is -1.24. The van der Waals surface area contributed by atoms with Crippen molar-refractivity contribution in [3.63, 3.8) is 0 Å². The molecule has 4 fully saturated rings. The molecule has 0 aromatic heterocycles. The second-order valence-corrected chi connectivity index (χ2v) is 20.3. The lowest BCUT2D eigenvalue weighted by Gasteiger charge is -2.53. The molecule has 2 aromatic carbocycles. The van der Waals surface area contributed by atoms with E-state index in [-0.39, 0.29) is 11.3 Å². The topological polar surface area (TPSA) is 6.48 Å². The van der Waals surface area contributed by atoms with Gasteiger partial charge >= 0.3 is 0 Å². The first-order chi connectivity index (χ1) is 20.8. The van der Waals surface area contributed by atoms with Crippen LogP contribution in [0.25, 0.3) is 0 Å². The number of hydrogen-bond donors (Lipinski definition) is 0. The van der Waals surface area contributed by atoms with Gasteiger partial charge in [-0.2, -0.15) is 0 Å². The first-order valence-corrected chi connectivity index (χ1v) is 20.5. The normalized spacial score (nSPS) is 24.1. The van der Waals surface area contributed by atoms with Crippen LogP contribution in [0, 0.1) is 34.6 Å². The van der Waals surface area contributed by atoms with Gasteiger partial charge in [0.1, 0.15) is 0 Å². The molecular weight excluding hydrogens is 563 g/mol. The summed E-state index contributed by atoms with van der Waals surface area (Å²) in [6, 6.07) is 12.0. The first kappa shape index (κ1) is 31.7. The summed E-state index contributed by atoms with van der Waals surface area (Å²) in [5.74, 6) is 0. The number of nitrogens with zero attached hydrogens (tertiary/aromatic N) is 2. The van der Waals surface area contributed by atoms with Gasteiger partial charge in [0.05, 0.1) is 17.0 Å². The van der Waals surface area contributed by atoms with Crippen LogP contribution in [0.2, 0.25) is 0 Å². The van der Waals surface area contributed by atoms with Gasteiger partial charge in [-0.15, -0.1) is 0 Å². The van der Waals surface area contributed by atoms with Crippen molar-refractivity contribution in [1.29, 1.82) is 0 Å². The van der Waals surface area contributed by atoms with Crippen molar-refractivity contribution in [1.82, 2.24) is 0 Å². The lowest BCUT2D eigenvalue weighted by atomic mass is 9.99. The number of aryl methyl sites for hydroxylation is 5. The molecule has 4 heteroatoms. The average molecular weight is 622 g/mol. The lowest BCUT2D eigenvalue weighted by Crippen LogP contribution is -2.52. The quantitative estimate of drug-likeness (QED) is 0.224. The number of benzene rings is 2. The summed E-state index contributed by atoms with van der Waals surface area (Å²) in [6.07, 6.45) is 21.8. The molecule has 0 amide bonds. The zero-order valence-corrected chi connectivity index (χ0v) is 29.7. The highest BCUT2D eigenvalue weighted by atomic mass is 35.5. The monoisotopic (exact) mass is 621 g/mol. The molecule has 0 bridgehead atoms.